The zero-order valence-corrected chi connectivity index (χ0v) is 21.8. The van der Waals surface area contributed by atoms with Crippen molar-refractivity contribution in [3.05, 3.63) is 127 Å². The highest BCUT2D eigenvalue weighted by atomic mass is 16.5. The van der Waals surface area contributed by atoms with Gasteiger partial charge in [0, 0.05) is 34.6 Å². The molecule has 0 saturated carbocycles. The van der Waals surface area contributed by atoms with Gasteiger partial charge >= 0.3 is 5.97 Å². The van der Waals surface area contributed by atoms with Gasteiger partial charge in [0.05, 0.1) is 12.2 Å². The van der Waals surface area contributed by atoms with Gasteiger partial charge in [0.25, 0.3) is 0 Å². The van der Waals surface area contributed by atoms with E-state index < -0.39 is 5.97 Å². The number of fused-ring (bicyclic) bond motifs is 2. The van der Waals surface area contributed by atoms with Crippen LogP contribution in [-0.2, 0) is 6.54 Å². The molecule has 0 aliphatic heterocycles. The molecule has 192 valence electrons. The summed E-state index contributed by atoms with van der Waals surface area (Å²) < 4.78 is 8.49. The molecule has 0 saturated heterocycles. The van der Waals surface area contributed by atoms with E-state index >= 15 is 0 Å². The highest BCUT2D eigenvalue weighted by molar-refractivity contribution is 6.09. The Balaban J connectivity index is 1.37. The summed E-state index contributed by atoms with van der Waals surface area (Å²) in [6, 6.07) is 36.3. The van der Waals surface area contributed by atoms with Crippen molar-refractivity contribution >= 4 is 27.6 Å². The first-order valence-electron chi connectivity index (χ1n) is 13.2. The van der Waals surface area contributed by atoms with Crippen molar-refractivity contribution < 1.29 is 14.6 Å². The van der Waals surface area contributed by atoms with Gasteiger partial charge in [-0.25, -0.2) is 4.79 Å². The molecule has 4 heteroatoms. The summed E-state index contributed by atoms with van der Waals surface area (Å²) in [5.41, 5.74) is 6.42. The van der Waals surface area contributed by atoms with Crippen molar-refractivity contribution in [1.82, 2.24) is 4.57 Å². The van der Waals surface area contributed by atoms with Crippen molar-refractivity contribution in [3.63, 3.8) is 0 Å². The molecule has 4 nitrogen and oxygen atoms in total. The van der Waals surface area contributed by atoms with E-state index in [0.717, 1.165) is 57.3 Å². The molecule has 0 spiro atoms. The van der Waals surface area contributed by atoms with Crippen LogP contribution in [0.2, 0.25) is 0 Å². The fourth-order valence-electron chi connectivity index (χ4n) is 5.44. The molecule has 0 bridgehead atoms. The van der Waals surface area contributed by atoms with Crippen LogP contribution < -0.4 is 4.74 Å². The molecule has 0 unspecified atom stereocenters. The standard InChI is InChI=1S/C35H29NO3/c1-24-10-6-13-26(22-24)31-23-36(20-9-21-39-33-19-7-12-25-11-2-3-14-27(25)33)32-18-8-17-29(34(31)32)28-15-4-5-16-30(28)35(37)38/h2-8,10-19,22-23H,9,20-21H2,1H3,(H,37,38). The second-order valence-electron chi connectivity index (χ2n) is 9.84. The second kappa shape index (κ2) is 10.5. The van der Waals surface area contributed by atoms with Gasteiger partial charge in [-0.05, 0) is 53.6 Å². The molecule has 39 heavy (non-hydrogen) atoms. The van der Waals surface area contributed by atoms with Crippen LogP contribution in [0.25, 0.3) is 43.9 Å². The van der Waals surface area contributed by atoms with E-state index in [1.54, 1.807) is 12.1 Å². The van der Waals surface area contributed by atoms with Crippen LogP contribution in [0, 0.1) is 6.92 Å². The van der Waals surface area contributed by atoms with Crippen LogP contribution in [0.1, 0.15) is 22.3 Å². The van der Waals surface area contributed by atoms with Crippen LogP contribution in [-0.4, -0.2) is 22.2 Å². The molecule has 0 fully saturated rings. The molecular weight excluding hydrogens is 482 g/mol. The summed E-state index contributed by atoms with van der Waals surface area (Å²) >= 11 is 0. The minimum Gasteiger partial charge on any atom is -0.493 e. The highest BCUT2D eigenvalue weighted by Gasteiger charge is 2.19. The van der Waals surface area contributed by atoms with E-state index in [1.165, 1.54) is 10.9 Å². The number of carbonyl (C=O) groups is 1. The third-order valence-corrected chi connectivity index (χ3v) is 7.23. The lowest BCUT2D eigenvalue weighted by Gasteiger charge is -2.12. The minimum absolute atomic E-state index is 0.302. The Labute approximate surface area is 227 Å². The van der Waals surface area contributed by atoms with E-state index in [1.807, 2.05) is 48.5 Å². The number of aromatic carboxylic acids is 1. The van der Waals surface area contributed by atoms with Crippen LogP contribution in [0.15, 0.2) is 115 Å². The lowest BCUT2D eigenvalue weighted by molar-refractivity contribution is 0.0697. The molecule has 0 aliphatic rings. The molecule has 0 amide bonds. The van der Waals surface area contributed by atoms with Crippen molar-refractivity contribution in [2.75, 3.05) is 6.61 Å². The van der Waals surface area contributed by atoms with E-state index in [0.29, 0.717) is 12.2 Å². The maximum Gasteiger partial charge on any atom is 0.336 e. The van der Waals surface area contributed by atoms with E-state index in [9.17, 15) is 9.90 Å². The quantitative estimate of drug-likeness (QED) is 0.208. The number of aromatic nitrogens is 1. The minimum atomic E-state index is -0.926. The number of nitrogens with zero attached hydrogens (tertiary/aromatic N) is 1. The number of rotatable bonds is 8. The van der Waals surface area contributed by atoms with Gasteiger partial charge in [-0.3, -0.25) is 0 Å². The Morgan fingerprint density at radius 1 is 0.795 bits per heavy atom. The van der Waals surface area contributed by atoms with Gasteiger partial charge in [0.15, 0.2) is 0 Å². The predicted octanol–water partition coefficient (Wildman–Crippen LogP) is 8.60. The van der Waals surface area contributed by atoms with Crippen molar-refractivity contribution in [2.45, 2.75) is 19.9 Å². The summed E-state index contributed by atoms with van der Waals surface area (Å²) in [7, 11) is 0. The molecule has 1 aromatic heterocycles. The van der Waals surface area contributed by atoms with Gasteiger partial charge < -0.3 is 14.4 Å². The van der Waals surface area contributed by atoms with Crippen LogP contribution in [0.4, 0.5) is 0 Å². The Morgan fingerprint density at radius 3 is 2.41 bits per heavy atom. The summed E-state index contributed by atoms with van der Waals surface area (Å²) in [5, 5.41) is 13.3. The molecule has 0 aliphatic carbocycles. The number of carboxylic acid groups (broad SMARTS) is 1. The fourth-order valence-corrected chi connectivity index (χ4v) is 5.44. The number of hydrogen-bond donors (Lipinski definition) is 1. The Bertz CT molecular complexity index is 1810. The maximum atomic E-state index is 12.1. The van der Waals surface area contributed by atoms with Crippen molar-refractivity contribution in [3.8, 4) is 28.0 Å². The van der Waals surface area contributed by atoms with Crippen LogP contribution in [0.5, 0.6) is 5.75 Å². The lowest BCUT2D eigenvalue weighted by atomic mass is 9.93. The smallest absolute Gasteiger partial charge is 0.336 e. The summed E-state index contributed by atoms with van der Waals surface area (Å²) in [5.74, 6) is -0.0248. The molecule has 6 aromatic rings. The SMILES string of the molecule is Cc1cccc(-c2cn(CCCOc3cccc4ccccc34)c3cccc(-c4ccccc4C(=O)O)c23)c1. The van der Waals surface area contributed by atoms with Gasteiger partial charge in [0.2, 0.25) is 0 Å². The molecule has 1 N–H and O–H groups in total. The number of hydrogen-bond acceptors (Lipinski definition) is 2. The Hall–Kier alpha value is -4.83. The van der Waals surface area contributed by atoms with E-state index in [4.69, 9.17) is 4.74 Å². The van der Waals surface area contributed by atoms with Crippen LogP contribution in [0.3, 0.4) is 0 Å². The highest BCUT2D eigenvalue weighted by Crippen LogP contribution is 2.39. The summed E-state index contributed by atoms with van der Waals surface area (Å²) in [4.78, 5) is 12.1. The topological polar surface area (TPSA) is 51.5 Å². The number of ether oxygens (including phenoxy) is 1. The van der Waals surface area contributed by atoms with Gasteiger partial charge in [-0.2, -0.15) is 0 Å². The van der Waals surface area contributed by atoms with Crippen molar-refractivity contribution in [2.24, 2.45) is 0 Å². The summed E-state index contributed by atoms with van der Waals surface area (Å²) in [6.07, 6.45) is 3.03. The second-order valence-corrected chi connectivity index (χ2v) is 9.84. The maximum absolute atomic E-state index is 12.1. The largest absolute Gasteiger partial charge is 0.493 e. The lowest BCUT2D eigenvalue weighted by Crippen LogP contribution is -2.04. The number of benzene rings is 5. The first-order chi connectivity index (χ1) is 19.1. The normalized spacial score (nSPS) is 11.2. The third-order valence-electron chi connectivity index (χ3n) is 7.23. The summed E-state index contributed by atoms with van der Waals surface area (Å²) in [6.45, 7) is 3.46. The van der Waals surface area contributed by atoms with Crippen molar-refractivity contribution in [1.29, 1.82) is 0 Å². The Kier molecular flexibility index (Phi) is 6.60. The zero-order chi connectivity index (χ0) is 26.8. The molecule has 0 atom stereocenters. The third kappa shape index (κ3) is 4.77. The predicted molar refractivity (Wildman–Crippen MR) is 159 cm³/mol. The molecule has 5 aromatic carbocycles. The fraction of sp³-hybridized carbons (Fsp3) is 0.114. The van der Waals surface area contributed by atoms with Gasteiger partial charge in [-0.1, -0.05) is 96.6 Å². The monoisotopic (exact) mass is 511 g/mol. The van der Waals surface area contributed by atoms with E-state index in [-0.39, 0.29) is 0 Å². The van der Waals surface area contributed by atoms with Crippen LogP contribution >= 0.6 is 0 Å². The number of aryl methyl sites for hydroxylation is 2. The van der Waals surface area contributed by atoms with Gasteiger partial charge in [0.1, 0.15) is 5.75 Å². The first-order valence-corrected chi connectivity index (χ1v) is 13.2. The molecular formula is C35H29NO3. The first kappa shape index (κ1) is 24.5. The molecule has 1 heterocycles. The Morgan fingerprint density at radius 2 is 1.54 bits per heavy atom. The average Bonchev–Trinajstić information content (AvgIpc) is 3.34. The zero-order valence-electron chi connectivity index (χ0n) is 21.8. The molecule has 6 rings (SSSR count). The molecule has 0 radical (unpaired) electrons. The number of carboxylic acids is 1. The average molecular weight is 512 g/mol. The van der Waals surface area contributed by atoms with E-state index in [2.05, 4.69) is 66.2 Å². The van der Waals surface area contributed by atoms with Gasteiger partial charge in [-0.15, -0.1) is 0 Å².